The maximum Gasteiger partial charge on any atom is 0.223 e. The summed E-state index contributed by atoms with van der Waals surface area (Å²) in [5, 5.41) is 16.4. The lowest BCUT2D eigenvalue weighted by molar-refractivity contribution is -0.124. The maximum atomic E-state index is 11.9. The molecule has 0 radical (unpaired) electrons. The number of carbonyl (C=O) groups is 2. The van der Waals surface area contributed by atoms with Gasteiger partial charge in [-0.25, -0.2) is 0 Å². The molecule has 23 heavy (non-hydrogen) atoms. The maximum absolute atomic E-state index is 11.9. The van der Waals surface area contributed by atoms with Crippen molar-refractivity contribution in [3.63, 3.8) is 0 Å². The highest BCUT2D eigenvalue weighted by Crippen LogP contribution is 2.28. The number of nitrogens with one attached hydrogen (secondary N) is 2. The van der Waals surface area contributed by atoms with Crippen LogP contribution in [-0.4, -0.2) is 29.5 Å². The van der Waals surface area contributed by atoms with Crippen LogP contribution < -0.4 is 10.6 Å². The van der Waals surface area contributed by atoms with E-state index in [4.69, 9.17) is 11.6 Å². The van der Waals surface area contributed by atoms with Crippen LogP contribution in [0.15, 0.2) is 24.3 Å². The summed E-state index contributed by atoms with van der Waals surface area (Å²) in [6, 6.07) is 6.49. The second-order valence-corrected chi connectivity index (χ2v) is 6.46. The Bertz CT molecular complexity index is 543. The van der Waals surface area contributed by atoms with Gasteiger partial charge in [-0.3, -0.25) is 9.59 Å². The Morgan fingerprint density at radius 2 is 1.96 bits per heavy atom. The second kappa shape index (κ2) is 8.31. The van der Waals surface area contributed by atoms with E-state index in [0.29, 0.717) is 30.0 Å². The monoisotopic (exact) mass is 338 g/mol. The van der Waals surface area contributed by atoms with Gasteiger partial charge in [0.1, 0.15) is 0 Å². The summed E-state index contributed by atoms with van der Waals surface area (Å²) in [6.45, 7) is 2.27. The molecular formula is C17H23ClN2O3. The van der Waals surface area contributed by atoms with Crippen LogP contribution >= 0.6 is 11.6 Å². The van der Waals surface area contributed by atoms with Crippen LogP contribution in [0.1, 0.15) is 44.3 Å². The fraction of sp³-hybridized carbons (Fsp3) is 0.529. The number of benzene rings is 1. The minimum atomic E-state index is -0.786. The van der Waals surface area contributed by atoms with Gasteiger partial charge in [-0.1, -0.05) is 23.7 Å². The fourth-order valence-electron chi connectivity index (χ4n) is 2.30. The molecule has 2 atom stereocenters. The minimum Gasteiger partial charge on any atom is -0.386 e. The van der Waals surface area contributed by atoms with Gasteiger partial charge in [0, 0.05) is 23.9 Å². The van der Waals surface area contributed by atoms with Gasteiger partial charge in [0.25, 0.3) is 0 Å². The number of hydrogen-bond acceptors (Lipinski definition) is 3. The van der Waals surface area contributed by atoms with Gasteiger partial charge in [0.05, 0.1) is 12.1 Å². The molecule has 1 fully saturated rings. The van der Waals surface area contributed by atoms with Gasteiger partial charge >= 0.3 is 0 Å². The highest BCUT2D eigenvalue weighted by molar-refractivity contribution is 6.30. The van der Waals surface area contributed by atoms with E-state index in [9.17, 15) is 14.7 Å². The van der Waals surface area contributed by atoms with E-state index >= 15 is 0 Å². The molecule has 126 valence electrons. The van der Waals surface area contributed by atoms with Crippen LogP contribution in [0.5, 0.6) is 0 Å². The Balaban J connectivity index is 1.66. The number of carbonyl (C=O) groups excluding carboxylic acids is 2. The van der Waals surface area contributed by atoms with Crippen LogP contribution in [0.4, 0.5) is 0 Å². The molecule has 0 aliphatic heterocycles. The van der Waals surface area contributed by atoms with E-state index in [1.165, 1.54) is 0 Å². The molecule has 6 heteroatoms. The molecule has 0 saturated heterocycles. The average molecular weight is 339 g/mol. The molecule has 1 aromatic rings. The van der Waals surface area contributed by atoms with Crippen molar-refractivity contribution in [2.24, 2.45) is 5.92 Å². The van der Waals surface area contributed by atoms with Crippen molar-refractivity contribution >= 4 is 23.4 Å². The van der Waals surface area contributed by atoms with Gasteiger partial charge in [0.2, 0.25) is 11.8 Å². The largest absolute Gasteiger partial charge is 0.386 e. The number of aliphatic hydroxyl groups is 1. The van der Waals surface area contributed by atoms with E-state index in [-0.39, 0.29) is 17.7 Å². The Hall–Kier alpha value is -1.59. The number of rotatable bonds is 8. The van der Waals surface area contributed by atoms with E-state index in [1.54, 1.807) is 31.2 Å². The van der Waals surface area contributed by atoms with E-state index in [2.05, 4.69) is 10.6 Å². The standard InChI is InChI=1S/C17H23ClN2O3/c1-11(16(22)12-6-8-14(18)9-7-12)20-15(21)3-2-10-19-17(23)13-4-5-13/h6-9,11,13,16,22H,2-5,10H2,1H3,(H,19,23)(H,20,21). The molecule has 2 rings (SSSR count). The summed E-state index contributed by atoms with van der Waals surface area (Å²) in [4.78, 5) is 23.3. The number of amides is 2. The van der Waals surface area contributed by atoms with Crippen LogP contribution in [0, 0.1) is 5.92 Å². The minimum absolute atomic E-state index is 0.0944. The predicted molar refractivity (Wildman–Crippen MR) is 89.0 cm³/mol. The summed E-state index contributed by atoms with van der Waals surface area (Å²) in [5.41, 5.74) is 0.707. The van der Waals surface area contributed by atoms with E-state index in [1.807, 2.05) is 0 Å². The van der Waals surface area contributed by atoms with Gasteiger partial charge in [-0.15, -0.1) is 0 Å². The zero-order valence-electron chi connectivity index (χ0n) is 13.2. The van der Waals surface area contributed by atoms with Crippen molar-refractivity contribution in [2.45, 2.75) is 44.8 Å². The summed E-state index contributed by atoms with van der Waals surface area (Å²) in [5.74, 6) is 0.154. The lowest BCUT2D eigenvalue weighted by Crippen LogP contribution is -2.37. The normalized spacial score (nSPS) is 16.5. The molecule has 0 heterocycles. The molecule has 2 amide bonds. The molecular weight excluding hydrogens is 316 g/mol. The van der Waals surface area contributed by atoms with Gasteiger partial charge in [0.15, 0.2) is 0 Å². The van der Waals surface area contributed by atoms with Crippen LogP contribution in [-0.2, 0) is 9.59 Å². The molecule has 2 unspecified atom stereocenters. The first-order chi connectivity index (χ1) is 11.0. The Morgan fingerprint density at radius 1 is 1.30 bits per heavy atom. The smallest absolute Gasteiger partial charge is 0.223 e. The van der Waals surface area contributed by atoms with Crippen molar-refractivity contribution in [2.75, 3.05) is 6.54 Å². The first-order valence-corrected chi connectivity index (χ1v) is 8.36. The molecule has 3 N–H and O–H groups in total. The van der Waals surface area contributed by atoms with Crippen molar-refractivity contribution < 1.29 is 14.7 Å². The lowest BCUT2D eigenvalue weighted by Gasteiger charge is -2.20. The van der Waals surface area contributed by atoms with Crippen LogP contribution in [0.3, 0.4) is 0 Å². The summed E-state index contributed by atoms with van der Waals surface area (Å²) >= 11 is 5.82. The number of aliphatic hydroxyl groups excluding tert-OH is 1. The highest BCUT2D eigenvalue weighted by atomic mass is 35.5. The van der Waals surface area contributed by atoms with Gasteiger partial charge < -0.3 is 15.7 Å². The van der Waals surface area contributed by atoms with Crippen LogP contribution in [0.2, 0.25) is 5.02 Å². The summed E-state index contributed by atoms with van der Waals surface area (Å²) < 4.78 is 0. The Morgan fingerprint density at radius 3 is 2.57 bits per heavy atom. The molecule has 0 bridgehead atoms. The van der Waals surface area contributed by atoms with Crippen LogP contribution in [0.25, 0.3) is 0 Å². The molecule has 1 saturated carbocycles. The van der Waals surface area contributed by atoms with Crippen molar-refractivity contribution in [1.29, 1.82) is 0 Å². The fourth-order valence-corrected chi connectivity index (χ4v) is 2.43. The quantitative estimate of drug-likeness (QED) is 0.636. The topological polar surface area (TPSA) is 78.4 Å². The van der Waals surface area contributed by atoms with Crippen molar-refractivity contribution in [1.82, 2.24) is 10.6 Å². The van der Waals surface area contributed by atoms with Gasteiger partial charge in [-0.2, -0.15) is 0 Å². The lowest BCUT2D eigenvalue weighted by atomic mass is 10.0. The average Bonchev–Trinajstić information content (AvgIpc) is 3.36. The molecule has 0 aromatic heterocycles. The van der Waals surface area contributed by atoms with E-state index in [0.717, 1.165) is 12.8 Å². The first kappa shape index (κ1) is 17.8. The Kier molecular flexibility index (Phi) is 6.42. The third kappa shape index (κ3) is 5.84. The zero-order chi connectivity index (χ0) is 16.8. The highest BCUT2D eigenvalue weighted by Gasteiger charge is 2.29. The molecule has 1 aromatic carbocycles. The zero-order valence-corrected chi connectivity index (χ0v) is 14.0. The van der Waals surface area contributed by atoms with E-state index < -0.39 is 12.1 Å². The first-order valence-electron chi connectivity index (χ1n) is 7.98. The summed E-state index contributed by atoms with van der Waals surface area (Å²) in [7, 11) is 0. The third-order valence-corrected chi connectivity index (χ3v) is 4.15. The van der Waals surface area contributed by atoms with Gasteiger partial charge in [-0.05, 0) is 43.9 Å². The number of halogens is 1. The Labute approximate surface area is 141 Å². The third-order valence-electron chi connectivity index (χ3n) is 3.90. The molecule has 1 aliphatic rings. The SMILES string of the molecule is CC(NC(=O)CCCNC(=O)C1CC1)C(O)c1ccc(Cl)cc1. The predicted octanol–water partition coefficient (Wildman–Crippen LogP) is 2.18. The molecule has 1 aliphatic carbocycles. The second-order valence-electron chi connectivity index (χ2n) is 6.02. The van der Waals surface area contributed by atoms with Crippen molar-refractivity contribution in [3.8, 4) is 0 Å². The molecule has 0 spiro atoms. The van der Waals surface area contributed by atoms with Crippen molar-refractivity contribution in [3.05, 3.63) is 34.9 Å². The summed E-state index contributed by atoms with van der Waals surface area (Å²) in [6.07, 6.45) is 2.08. The number of hydrogen-bond donors (Lipinski definition) is 3. The molecule has 5 nitrogen and oxygen atoms in total.